The lowest BCUT2D eigenvalue weighted by molar-refractivity contribution is 0.580. The van der Waals surface area contributed by atoms with Gasteiger partial charge < -0.3 is 0 Å². The van der Waals surface area contributed by atoms with E-state index in [-0.39, 0.29) is 5.41 Å². The van der Waals surface area contributed by atoms with Crippen molar-refractivity contribution in [2.24, 2.45) is 5.41 Å². The van der Waals surface area contributed by atoms with Crippen molar-refractivity contribution in [2.75, 3.05) is 0 Å². The lowest BCUT2D eigenvalue weighted by Gasteiger charge is -2.12. The Kier molecular flexibility index (Phi) is 3.49. The summed E-state index contributed by atoms with van der Waals surface area (Å²) in [7, 11) is 0. The first-order chi connectivity index (χ1) is 4.68. The average molecular weight is 135 g/mol. The van der Waals surface area contributed by atoms with Crippen molar-refractivity contribution in [2.45, 2.75) is 20.3 Å². The normalized spacial score (nSPS) is 16.1. The second-order valence-corrected chi connectivity index (χ2v) is 2.51. The molecular formula is C9H13N. The predicted molar refractivity (Wildman–Crippen MR) is 43.3 cm³/mol. The van der Waals surface area contributed by atoms with Gasteiger partial charge in [-0.2, -0.15) is 5.26 Å². The second-order valence-electron chi connectivity index (χ2n) is 2.51. The zero-order chi connectivity index (χ0) is 8.04. The molecule has 0 bridgehead atoms. The molecule has 0 heterocycles. The van der Waals surface area contributed by atoms with Crippen LogP contribution in [0.15, 0.2) is 24.8 Å². The summed E-state index contributed by atoms with van der Waals surface area (Å²) in [5.41, 5.74) is -0.382. The molecule has 1 unspecified atom stereocenters. The number of nitriles is 1. The van der Waals surface area contributed by atoms with E-state index in [1.807, 2.05) is 26.0 Å². The van der Waals surface area contributed by atoms with Crippen LogP contribution in [0.3, 0.4) is 0 Å². The van der Waals surface area contributed by atoms with Gasteiger partial charge in [0.25, 0.3) is 0 Å². The molecule has 1 heteroatoms. The zero-order valence-corrected chi connectivity index (χ0v) is 6.59. The Morgan fingerprint density at radius 2 is 2.30 bits per heavy atom. The van der Waals surface area contributed by atoms with Crippen LogP contribution in [-0.2, 0) is 0 Å². The van der Waals surface area contributed by atoms with Crippen LogP contribution in [0.1, 0.15) is 20.3 Å². The van der Waals surface area contributed by atoms with Gasteiger partial charge in [0.1, 0.15) is 0 Å². The highest BCUT2D eigenvalue weighted by atomic mass is 14.3. The van der Waals surface area contributed by atoms with E-state index in [2.05, 4.69) is 12.6 Å². The summed E-state index contributed by atoms with van der Waals surface area (Å²) in [6, 6.07) is 2.19. The number of rotatable bonds is 3. The lowest BCUT2D eigenvalue weighted by atomic mass is 9.89. The van der Waals surface area contributed by atoms with E-state index in [9.17, 15) is 0 Å². The summed E-state index contributed by atoms with van der Waals surface area (Å²) in [5.74, 6) is 0. The van der Waals surface area contributed by atoms with E-state index in [0.717, 1.165) is 6.42 Å². The highest BCUT2D eigenvalue weighted by Gasteiger charge is 2.16. The highest BCUT2D eigenvalue weighted by Crippen LogP contribution is 2.21. The Bertz CT molecular complexity index is 174. The van der Waals surface area contributed by atoms with Crippen LogP contribution in [-0.4, -0.2) is 0 Å². The van der Waals surface area contributed by atoms with Crippen molar-refractivity contribution >= 4 is 0 Å². The molecular weight excluding hydrogens is 122 g/mol. The fourth-order valence-electron chi connectivity index (χ4n) is 0.537. The van der Waals surface area contributed by atoms with E-state index in [0.29, 0.717) is 0 Å². The third-order valence-corrected chi connectivity index (χ3v) is 1.48. The van der Waals surface area contributed by atoms with Crippen LogP contribution < -0.4 is 0 Å². The van der Waals surface area contributed by atoms with Crippen LogP contribution in [0.2, 0.25) is 0 Å². The largest absolute Gasteiger partial charge is 0.197 e. The van der Waals surface area contributed by atoms with E-state index >= 15 is 0 Å². The maximum absolute atomic E-state index is 8.66. The third kappa shape index (κ3) is 2.50. The monoisotopic (exact) mass is 135 g/mol. The number of nitrogens with zero attached hydrogens (tertiary/aromatic N) is 1. The van der Waals surface area contributed by atoms with E-state index in [1.165, 1.54) is 0 Å². The first-order valence-electron chi connectivity index (χ1n) is 3.34. The van der Waals surface area contributed by atoms with Crippen molar-refractivity contribution in [3.05, 3.63) is 24.8 Å². The Labute approximate surface area is 62.7 Å². The topological polar surface area (TPSA) is 23.8 Å². The molecule has 0 aliphatic rings. The molecule has 0 spiro atoms. The van der Waals surface area contributed by atoms with Gasteiger partial charge in [-0.15, -0.1) is 6.58 Å². The molecule has 0 fully saturated rings. The summed E-state index contributed by atoms with van der Waals surface area (Å²) in [6.45, 7) is 7.42. The van der Waals surface area contributed by atoms with E-state index in [4.69, 9.17) is 5.26 Å². The number of hydrogen-bond acceptors (Lipinski definition) is 1. The summed E-state index contributed by atoms with van der Waals surface area (Å²) in [5, 5.41) is 8.66. The first-order valence-corrected chi connectivity index (χ1v) is 3.34. The number of hydrogen-bond donors (Lipinski definition) is 0. The Morgan fingerprint density at radius 3 is 2.60 bits per heavy atom. The molecule has 1 atom stereocenters. The molecule has 0 aromatic rings. The molecule has 0 rings (SSSR count). The quantitative estimate of drug-likeness (QED) is 0.546. The standard InChI is InChI=1S/C9H13N/c1-4-6-7-9(3,5-2)8-10/h4-6H,2,7H2,1,3H3/b6-4+. The van der Waals surface area contributed by atoms with Crippen LogP contribution in [0.5, 0.6) is 0 Å². The molecule has 10 heavy (non-hydrogen) atoms. The van der Waals surface area contributed by atoms with Gasteiger partial charge in [-0.1, -0.05) is 18.2 Å². The molecule has 0 aromatic heterocycles. The second kappa shape index (κ2) is 3.90. The van der Waals surface area contributed by atoms with Crippen LogP contribution in [0.25, 0.3) is 0 Å². The van der Waals surface area contributed by atoms with Crippen molar-refractivity contribution in [3.63, 3.8) is 0 Å². The average Bonchev–Trinajstić information content (AvgIpc) is 2.00. The van der Waals surface area contributed by atoms with Crippen molar-refractivity contribution in [1.82, 2.24) is 0 Å². The van der Waals surface area contributed by atoms with Gasteiger partial charge in [0, 0.05) is 0 Å². The van der Waals surface area contributed by atoms with Crippen molar-refractivity contribution in [1.29, 1.82) is 5.26 Å². The highest BCUT2D eigenvalue weighted by molar-refractivity contribution is 5.10. The predicted octanol–water partition coefficient (Wildman–Crippen LogP) is 2.67. The molecule has 0 aliphatic heterocycles. The van der Waals surface area contributed by atoms with Gasteiger partial charge in [0.15, 0.2) is 0 Å². The van der Waals surface area contributed by atoms with Gasteiger partial charge >= 0.3 is 0 Å². The summed E-state index contributed by atoms with van der Waals surface area (Å²) < 4.78 is 0. The van der Waals surface area contributed by atoms with Gasteiger partial charge in [-0.05, 0) is 20.3 Å². The minimum Gasteiger partial charge on any atom is -0.197 e. The Hall–Kier alpha value is -1.03. The molecule has 0 amide bonds. The fourth-order valence-corrected chi connectivity index (χ4v) is 0.537. The minimum absolute atomic E-state index is 0.382. The molecule has 54 valence electrons. The molecule has 0 aromatic carbocycles. The maximum atomic E-state index is 8.66. The summed E-state index contributed by atoms with van der Waals surface area (Å²) >= 11 is 0. The summed E-state index contributed by atoms with van der Waals surface area (Å²) in [6.07, 6.45) is 6.36. The van der Waals surface area contributed by atoms with Crippen LogP contribution in [0.4, 0.5) is 0 Å². The smallest absolute Gasteiger partial charge is 0.0757 e. The Balaban J connectivity index is 4.10. The lowest BCUT2D eigenvalue weighted by Crippen LogP contribution is -2.07. The molecule has 0 aliphatic carbocycles. The molecule has 1 nitrogen and oxygen atoms in total. The van der Waals surface area contributed by atoms with Gasteiger partial charge in [-0.25, -0.2) is 0 Å². The van der Waals surface area contributed by atoms with Gasteiger partial charge in [0.2, 0.25) is 0 Å². The molecule has 0 saturated heterocycles. The Morgan fingerprint density at radius 1 is 1.70 bits per heavy atom. The summed E-state index contributed by atoms with van der Waals surface area (Å²) in [4.78, 5) is 0. The van der Waals surface area contributed by atoms with Crippen LogP contribution >= 0.6 is 0 Å². The number of allylic oxidation sites excluding steroid dienone is 3. The SMILES string of the molecule is C=CC(C)(C#N)C/C=C/C. The third-order valence-electron chi connectivity index (χ3n) is 1.48. The van der Waals surface area contributed by atoms with Gasteiger partial charge in [-0.3, -0.25) is 0 Å². The first kappa shape index (κ1) is 8.97. The van der Waals surface area contributed by atoms with Crippen LogP contribution in [0, 0.1) is 16.7 Å². The van der Waals surface area contributed by atoms with E-state index in [1.54, 1.807) is 6.08 Å². The van der Waals surface area contributed by atoms with E-state index < -0.39 is 0 Å². The van der Waals surface area contributed by atoms with Gasteiger partial charge in [0.05, 0.1) is 11.5 Å². The maximum Gasteiger partial charge on any atom is 0.0757 e. The molecule has 0 saturated carbocycles. The molecule has 0 N–H and O–H groups in total. The fraction of sp³-hybridized carbons (Fsp3) is 0.444. The zero-order valence-electron chi connectivity index (χ0n) is 6.59. The van der Waals surface area contributed by atoms with Crippen molar-refractivity contribution < 1.29 is 0 Å². The molecule has 0 radical (unpaired) electrons. The minimum atomic E-state index is -0.382. The van der Waals surface area contributed by atoms with Crippen molar-refractivity contribution in [3.8, 4) is 6.07 Å².